The zero-order valence-corrected chi connectivity index (χ0v) is 13.5. The predicted octanol–water partition coefficient (Wildman–Crippen LogP) is 4.77. The quantitative estimate of drug-likeness (QED) is 0.863. The third-order valence-electron chi connectivity index (χ3n) is 4.96. The van der Waals surface area contributed by atoms with E-state index < -0.39 is 0 Å². The van der Waals surface area contributed by atoms with Gasteiger partial charge in [0, 0.05) is 18.2 Å². The van der Waals surface area contributed by atoms with Gasteiger partial charge in [-0.25, -0.2) is 0 Å². The summed E-state index contributed by atoms with van der Waals surface area (Å²) in [5.41, 5.74) is 2.40. The number of hydrogen-bond acceptors (Lipinski definition) is 3. The minimum atomic E-state index is 0.480. The fourth-order valence-electron chi connectivity index (χ4n) is 3.72. The molecule has 0 amide bonds. The van der Waals surface area contributed by atoms with Crippen molar-refractivity contribution in [2.45, 2.75) is 38.4 Å². The largest absolute Gasteiger partial charge is 0.457 e. The summed E-state index contributed by atoms with van der Waals surface area (Å²) in [7, 11) is 0. The van der Waals surface area contributed by atoms with Crippen molar-refractivity contribution < 1.29 is 9.47 Å². The smallest absolute Gasteiger partial charge is 0.127 e. The van der Waals surface area contributed by atoms with Gasteiger partial charge in [-0.1, -0.05) is 18.2 Å². The minimum absolute atomic E-state index is 0.480. The second-order valence-electron chi connectivity index (χ2n) is 6.64. The Bertz CT molecular complexity index is 671. The SMILES string of the molecule is Cc1cc(Oc2ccccc2)ccc1NCC1CC2CCC1O2. The normalized spacial score (nSPS) is 25.5. The molecule has 2 fully saturated rings. The van der Waals surface area contributed by atoms with Gasteiger partial charge in [-0.3, -0.25) is 0 Å². The Labute approximate surface area is 137 Å². The predicted molar refractivity (Wildman–Crippen MR) is 92.2 cm³/mol. The molecule has 1 N–H and O–H groups in total. The number of anilines is 1. The van der Waals surface area contributed by atoms with Gasteiger partial charge in [-0.15, -0.1) is 0 Å². The fourth-order valence-corrected chi connectivity index (χ4v) is 3.72. The molecule has 2 aliphatic heterocycles. The molecule has 0 saturated carbocycles. The Hall–Kier alpha value is -2.00. The van der Waals surface area contributed by atoms with Crippen LogP contribution in [0.3, 0.4) is 0 Å². The van der Waals surface area contributed by atoms with Crippen molar-refractivity contribution in [3.63, 3.8) is 0 Å². The second-order valence-corrected chi connectivity index (χ2v) is 6.64. The maximum atomic E-state index is 5.93. The maximum absolute atomic E-state index is 5.93. The Morgan fingerprint density at radius 2 is 1.96 bits per heavy atom. The van der Waals surface area contributed by atoms with Gasteiger partial charge in [0.15, 0.2) is 0 Å². The highest BCUT2D eigenvalue weighted by Gasteiger charge is 2.40. The van der Waals surface area contributed by atoms with E-state index in [-0.39, 0.29) is 0 Å². The summed E-state index contributed by atoms with van der Waals surface area (Å²) in [6.45, 7) is 3.12. The van der Waals surface area contributed by atoms with Crippen molar-refractivity contribution in [3.8, 4) is 11.5 Å². The monoisotopic (exact) mass is 309 g/mol. The molecule has 3 heteroatoms. The lowest BCUT2D eigenvalue weighted by atomic mass is 9.89. The van der Waals surface area contributed by atoms with Crippen LogP contribution in [0.2, 0.25) is 0 Å². The van der Waals surface area contributed by atoms with Crippen LogP contribution in [-0.2, 0) is 4.74 Å². The summed E-state index contributed by atoms with van der Waals surface area (Å²) in [6, 6.07) is 16.1. The van der Waals surface area contributed by atoms with Crippen LogP contribution in [0.5, 0.6) is 11.5 Å². The lowest BCUT2D eigenvalue weighted by Crippen LogP contribution is -2.24. The molecule has 2 aromatic rings. The van der Waals surface area contributed by atoms with Gasteiger partial charge in [-0.05, 0) is 62.1 Å². The molecule has 2 bridgehead atoms. The van der Waals surface area contributed by atoms with Crippen molar-refractivity contribution in [2.75, 3.05) is 11.9 Å². The molecule has 120 valence electrons. The van der Waals surface area contributed by atoms with E-state index in [0.29, 0.717) is 18.1 Å². The first kappa shape index (κ1) is 14.6. The van der Waals surface area contributed by atoms with Gasteiger partial charge >= 0.3 is 0 Å². The molecule has 0 spiro atoms. The summed E-state index contributed by atoms with van der Waals surface area (Å²) in [4.78, 5) is 0. The number of ether oxygens (including phenoxy) is 2. The van der Waals surface area contributed by atoms with Crippen LogP contribution in [0.1, 0.15) is 24.8 Å². The van der Waals surface area contributed by atoms with E-state index in [0.717, 1.165) is 18.0 Å². The average molecular weight is 309 g/mol. The Morgan fingerprint density at radius 3 is 2.65 bits per heavy atom. The lowest BCUT2D eigenvalue weighted by molar-refractivity contribution is 0.0941. The molecular formula is C20H23NO2. The first-order chi connectivity index (χ1) is 11.3. The van der Waals surface area contributed by atoms with Gasteiger partial charge in [0.25, 0.3) is 0 Å². The summed E-state index contributed by atoms with van der Waals surface area (Å²) >= 11 is 0. The van der Waals surface area contributed by atoms with Crippen molar-refractivity contribution in [3.05, 3.63) is 54.1 Å². The van der Waals surface area contributed by atoms with Crippen LogP contribution in [0.25, 0.3) is 0 Å². The van der Waals surface area contributed by atoms with Crippen molar-refractivity contribution in [1.29, 1.82) is 0 Å². The standard InChI is InChI=1S/C20H23NO2/c1-14-11-17(22-16-5-3-2-4-6-16)7-9-19(14)21-13-15-12-18-8-10-20(15)23-18/h2-7,9,11,15,18,20-21H,8,10,12-13H2,1H3. The topological polar surface area (TPSA) is 30.5 Å². The van der Waals surface area contributed by atoms with Crippen LogP contribution in [0, 0.1) is 12.8 Å². The molecule has 2 aromatic carbocycles. The molecule has 4 rings (SSSR count). The van der Waals surface area contributed by atoms with E-state index in [1.54, 1.807) is 0 Å². The lowest BCUT2D eigenvalue weighted by Gasteiger charge is -2.20. The molecule has 3 unspecified atom stereocenters. The minimum Gasteiger partial charge on any atom is -0.457 e. The number of hydrogen-bond donors (Lipinski definition) is 1. The highest BCUT2D eigenvalue weighted by atomic mass is 16.5. The zero-order valence-electron chi connectivity index (χ0n) is 13.5. The molecular weight excluding hydrogens is 286 g/mol. The van der Waals surface area contributed by atoms with E-state index in [1.807, 2.05) is 36.4 Å². The van der Waals surface area contributed by atoms with Gasteiger partial charge in [0.05, 0.1) is 12.2 Å². The van der Waals surface area contributed by atoms with E-state index >= 15 is 0 Å². The molecule has 0 radical (unpaired) electrons. The molecule has 0 aromatic heterocycles. The fraction of sp³-hybridized carbons (Fsp3) is 0.400. The van der Waals surface area contributed by atoms with Crippen molar-refractivity contribution >= 4 is 5.69 Å². The van der Waals surface area contributed by atoms with Crippen LogP contribution < -0.4 is 10.1 Å². The van der Waals surface area contributed by atoms with Gasteiger partial charge in [-0.2, -0.15) is 0 Å². The van der Waals surface area contributed by atoms with Crippen molar-refractivity contribution in [1.82, 2.24) is 0 Å². The molecule has 23 heavy (non-hydrogen) atoms. The highest BCUT2D eigenvalue weighted by molar-refractivity contribution is 5.54. The van der Waals surface area contributed by atoms with E-state index in [1.165, 1.54) is 30.5 Å². The molecule has 2 aliphatic rings. The zero-order chi connectivity index (χ0) is 15.6. The number of para-hydroxylation sites is 1. The third kappa shape index (κ3) is 3.20. The Morgan fingerprint density at radius 1 is 1.09 bits per heavy atom. The Kier molecular flexibility index (Phi) is 3.96. The summed E-state index contributed by atoms with van der Waals surface area (Å²) in [5.74, 6) is 2.41. The van der Waals surface area contributed by atoms with Crippen LogP contribution in [-0.4, -0.2) is 18.8 Å². The number of aryl methyl sites for hydroxylation is 1. The molecule has 3 nitrogen and oxygen atoms in total. The maximum Gasteiger partial charge on any atom is 0.127 e. The van der Waals surface area contributed by atoms with E-state index in [2.05, 4.69) is 24.4 Å². The first-order valence-corrected chi connectivity index (χ1v) is 8.51. The first-order valence-electron chi connectivity index (χ1n) is 8.51. The van der Waals surface area contributed by atoms with Gasteiger partial charge < -0.3 is 14.8 Å². The Balaban J connectivity index is 1.38. The summed E-state index contributed by atoms with van der Waals surface area (Å²) in [6.07, 6.45) is 4.71. The molecule has 2 saturated heterocycles. The van der Waals surface area contributed by atoms with Crippen LogP contribution in [0.15, 0.2) is 48.5 Å². The third-order valence-corrected chi connectivity index (χ3v) is 4.96. The van der Waals surface area contributed by atoms with Crippen LogP contribution >= 0.6 is 0 Å². The van der Waals surface area contributed by atoms with E-state index in [9.17, 15) is 0 Å². The van der Waals surface area contributed by atoms with E-state index in [4.69, 9.17) is 9.47 Å². The number of nitrogens with one attached hydrogen (secondary N) is 1. The average Bonchev–Trinajstić information content (AvgIpc) is 3.18. The summed E-state index contributed by atoms with van der Waals surface area (Å²) in [5, 5.41) is 3.60. The summed E-state index contributed by atoms with van der Waals surface area (Å²) < 4.78 is 11.8. The van der Waals surface area contributed by atoms with Crippen LogP contribution in [0.4, 0.5) is 5.69 Å². The highest BCUT2D eigenvalue weighted by Crippen LogP contribution is 2.39. The second kappa shape index (κ2) is 6.25. The molecule has 0 aliphatic carbocycles. The van der Waals surface area contributed by atoms with Crippen molar-refractivity contribution in [2.24, 2.45) is 5.92 Å². The number of benzene rings is 2. The number of rotatable bonds is 5. The number of fused-ring (bicyclic) bond motifs is 2. The van der Waals surface area contributed by atoms with Gasteiger partial charge in [0.2, 0.25) is 0 Å². The molecule has 2 heterocycles. The molecule has 3 atom stereocenters. The van der Waals surface area contributed by atoms with Gasteiger partial charge in [0.1, 0.15) is 11.5 Å².